The van der Waals surface area contributed by atoms with Gasteiger partial charge in [-0.3, -0.25) is 9.78 Å². The number of pyridine rings is 1. The third-order valence-electron chi connectivity index (χ3n) is 2.83. The number of nitrogens with one attached hydrogen (secondary N) is 2. The molecule has 1 amide bonds. The molecule has 0 saturated carbocycles. The number of amides is 1. The molecule has 2 rings (SSSR count). The van der Waals surface area contributed by atoms with Crippen molar-refractivity contribution in [2.24, 2.45) is 0 Å². The van der Waals surface area contributed by atoms with E-state index in [4.69, 9.17) is 0 Å². The molecule has 2 aromatic heterocycles. The van der Waals surface area contributed by atoms with E-state index in [0.29, 0.717) is 13.0 Å². The lowest BCUT2D eigenvalue weighted by molar-refractivity contribution is -0.120. The standard InChI is InChI=1S/C15H20N4OS/c1-2-6-16-8-9-18-14(20)10-12-11-21-15(19-12)13-5-3-4-7-17-13/h3-5,7,11,16H,2,6,8-10H2,1H3,(H,18,20). The molecule has 2 aromatic rings. The highest BCUT2D eigenvalue weighted by Crippen LogP contribution is 2.21. The highest BCUT2D eigenvalue weighted by Gasteiger charge is 2.09. The van der Waals surface area contributed by atoms with Crippen LogP contribution in [0.5, 0.6) is 0 Å². The molecule has 0 aromatic carbocycles. The van der Waals surface area contributed by atoms with Crippen molar-refractivity contribution in [1.29, 1.82) is 0 Å². The molecule has 6 heteroatoms. The summed E-state index contributed by atoms with van der Waals surface area (Å²) in [6.07, 6.45) is 3.16. The van der Waals surface area contributed by atoms with E-state index in [2.05, 4.69) is 27.5 Å². The average molecular weight is 304 g/mol. The molecule has 0 atom stereocenters. The summed E-state index contributed by atoms with van der Waals surface area (Å²) in [5.74, 6) is 0.00571. The fraction of sp³-hybridized carbons (Fsp3) is 0.400. The second-order valence-corrected chi connectivity index (χ2v) is 5.49. The van der Waals surface area contributed by atoms with Gasteiger partial charge in [-0.15, -0.1) is 11.3 Å². The van der Waals surface area contributed by atoms with Crippen LogP contribution in [0.15, 0.2) is 29.8 Å². The van der Waals surface area contributed by atoms with Crippen molar-refractivity contribution in [3.63, 3.8) is 0 Å². The molecule has 112 valence electrons. The third kappa shape index (κ3) is 5.24. The van der Waals surface area contributed by atoms with Crippen LogP contribution in [-0.2, 0) is 11.2 Å². The summed E-state index contributed by atoms with van der Waals surface area (Å²) in [6.45, 7) is 4.55. The number of carbonyl (C=O) groups is 1. The topological polar surface area (TPSA) is 66.9 Å². The van der Waals surface area contributed by atoms with Gasteiger partial charge in [0.05, 0.1) is 17.8 Å². The smallest absolute Gasteiger partial charge is 0.226 e. The average Bonchev–Trinajstić information content (AvgIpc) is 2.96. The van der Waals surface area contributed by atoms with E-state index in [9.17, 15) is 4.79 Å². The molecule has 0 aliphatic heterocycles. The maximum absolute atomic E-state index is 11.8. The van der Waals surface area contributed by atoms with Crippen LogP contribution in [0.25, 0.3) is 10.7 Å². The van der Waals surface area contributed by atoms with E-state index < -0.39 is 0 Å². The Balaban J connectivity index is 1.78. The Morgan fingerprint density at radius 2 is 2.19 bits per heavy atom. The summed E-state index contributed by atoms with van der Waals surface area (Å²) in [7, 11) is 0. The highest BCUT2D eigenvalue weighted by atomic mass is 32.1. The van der Waals surface area contributed by atoms with Crippen molar-refractivity contribution < 1.29 is 4.79 Å². The summed E-state index contributed by atoms with van der Waals surface area (Å²) >= 11 is 1.51. The summed E-state index contributed by atoms with van der Waals surface area (Å²) < 4.78 is 0. The highest BCUT2D eigenvalue weighted by molar-refractivity contribution is 7.13. The first-order chi connectivity index (χ1) is 10.3. The van der Waals surface area contributed by atoms with Gasteiger partial charge in [0.1, 0.15) is 5.01 Å². The largest absolute Gasteiger partial charge is 0.354 e. The van der Waals surface area contributed by atoms with Crippen molar-refractivity contribution in [3.05, 3.63) is 35.5 Å². The Morgan fingerprint density at radius 3 is 2.95 bits per heavy atom. The zero-order chi connectivity index (χ0) is 14.9. The maximum atomic E-state index is 11.8. The zero-order valence-electron chi connectivity index (χ0n) is 12.1. The van der Waals surface area contributed by atoms with Crippen LogP contribution in [0.2, 0.25) is 0 Å². The van der Waals surface area contributed by atoms with Gasteiger partial charge in [0.25, 0.3) is 0 Å². The van der Waals surface area contributed by atoms with Crippen LogP contribution < -0.4 is 10.6 Å². The maximum Gasteiger partial charge on any atom is 0.226 e. The molecule has 0 saturated heterocycles. The molecule has 5 nitrogen and oxygen atoms in total. The Labute approximate surface area is 128 Å². The van der Waals surface area contributed by atoms with Crippen molar-refractivity contribution in [2.45, 2.75) is 19.8 Å². The van der Waals surface area contributed by atoms with Gasteiger partial charge in [0.15, 0.2) is 0 Å². The van der Waals surface area contributed by atoms with Crippen molar-refractivity contribution in [3.8, 4) is 10.7 Å². The molecule has 21 heavy (non-hydrogen) atoms. The Bertz CT molecular complexity index is 556. The second-order valence-electron chi connectivity index (χ2n) is 4.64. The Kier molecular flexibility index (Phi) is 6.30. The van der Waals surface area contributed by atoms with Crippen molar-refractivity contribution in [1.82, 2.24) is 20.6 Å². The Morgan fingerprint density at radius 1 is 1.29 bits per heavy atom. The van der Waals surface area contributed by atoms with E-state index in [0.717, 1.165) is 35.9 Å². The lowest BCUT2D eigenvalue weighted by atomic mass is 10.3. The van der Waals surface area contributed by atoms with Gasteiger partial charge in [-0.25, -0.2) is 4.98 Å². The first-order valence-electron chi connectivity index (χ1n) is 7.13. The third-order valence-corrected chi connectivity index (χ3v) is 3.74. The normalized spacial score (nSPS) is 10.5. The lowest BCUT2D eigenvalue weighted by Crippen LogP contribution is -2.33. The molecule has 2 N–H and O–H groups in total. The number of rotatable bonds is 8. The minimum absolute atomic E-state index is 0.00571. The zero-order valence-corrected chi connectivity index (χ0v) is 12.9. The summed E-state index contributed by atoms with van der Waals surface area (Å²) in [5.41, 5.74) is 1.64. The van der Waals surface area contributed by atoms with Gasteiger partial charge in [-0.1, -0.05) is 13.0 Å². The van der Waals surface area contributed by atoms with E-state index in [1.54, 1.807) is 6.20 Å². The molecule has 0 aliphatic carbocycles. The van der Waals surface area contributed by atoms with Crippen LogP contribution in [0.3, 0.4) is 0 Å². The fourth-order valence-corrected chi connectivity index (χ4v) is 2.61. The minimum atomic E-state index is 0.00571. The van der Waals surface area contributed by atoms with Gasteiger partial charge in [0.2, 0.25) is 5.91 Å². The van der Waals surface area contributed by atoms with Gasteiger partial charge in [-0.05, 0) is 25.1 Å². The van der Waals surface area contributed by atoms with E-state index in [-0.39, 0.29) is 5.91 Å². The predicted molar refractivity (Wildman–Crippen MR) is 85.2 cm³/mol. The van der Waals surface area contributed by atoms with Gasteiger partial charge >= 0.3 is 0 Å². The van der Waals surface area contributed by atoms with Gasteiger partial charge in [0, 0.05) is 24.7 Å². The summed E-state index contributed by atoms with van der Waals surface area (Å²) in [5, 5.41) is 8.90. The van der Waals surface area contributed by atoms with E-state index >= 15 is 0 Å². The SMILES string of the molecule is CCCNCCNC(=O)Cc1csc(-c2ccccn2)n1. The molecular weight excluding hydrogens is 284 g/mol. The van der Waals surface area contributed by atoms with Crippen LogP contribution in [0.1, 0.15) is 19.0 Å². The molecular formula is C15H20N4OS. The van der Waals surface area contributed by atoms with Gasteiger partial charge in [-0.2, -0.15) is 0 Å². The van der Waals surface area contributed by atoms with Crippen LogP contribution >= 0.6 is 11.3 Å². The summed E-state index contributed by atoms with van der Waals surface area (Å²) in [4.78, 5) is 20.5. The lowest BCUT2D eigenvalue weighted by Gasteiger charge is -2.04. The monoisotopic (exact) mass is 304 g/mol. The minimum Gasteiger partial charge on any atom is -0.354 e. The number of hydrogen-bond acceptors (Lipinski definition) is 5. The molecule has 0 spiro atoms. The van der Waals surface area contributed by atoms with Crippen molar-refractivity contribution in [2.75, 3.05) is 19.6 Å². The molecule has 0 fully saturated rings. The number of thiazole rings is 1. The molecule has 2 heterocycles. The fourth-order valence-electron chi connectivity index (χ4n) is 1.81. The molecule has 0 aliphatic rings. The van der Waals surface area contributed by atoms with E-state index in [1.807, 2.05) is 23.6 Å². The number of carbonyl (C=O) groups excluding carboxylic acids is 1. The Hall–Kier alpha value is -1.79. The first-order valence-corrected chi connectivity index (χ1v) is 8.00. The quantitative estimate of drug-likeness (QED) is 0.731. The second kappa shape index (κ2) is 8.49. The number of nitrogens with zero attached hydrogens (tertiary/aromatic N) is 2. The van der Waals surface area contributed by atoms with Crippen LogP contribution in [-0.4, -0.2) is 35.5 Å². The van der Waals surface area contributed by atoms with Crippen LogP contribution in [0.4, 0.5) is 0 Å². The molecule has 0 unspecified atom stereocenters. The summed E-state index contributed by atoms with van der Waals surface area (Å²) in [6, 6.07) is 5.72. The van der Waals surface area contributed by atoms with Crippen LogP contribution in [0, 0.1) is 0 Å². The molecule has 0 bridgehead atoms. The van der Waals surface area contributed by atoms with Gasteiger partial charge < -0.3 is 10.6 Å². The number of aromatic nitrogens is 2. The first kappa shape index (κ1) is 15.6. The van der Waals surface area contributed by atoms with Crippen molar-refractivity contribution >= 4 is 17.2 Å². The number of hydrogen-bond donors (Lipinski definition) is 2. The molecule has 0 radical (unpaired) electrons. The van der Waals surface area contributed by atoms with E-state index in [1.165, 1.54) is 11.3 Å². The predicted octanol–water partition coefficient (Wildman–Crippen LogP) is 1.86.